The molecule has 1 aliphatic carbocycles. The van der Waals surface area contributed by atoms with Gasteiger partial charge in [-0.05, 0) is 30.5 Å². The maximum absolute atomic E-state index is 13.4. The van der Waals surface area contributed by atoms with Crippen molar-refractivity contribution in [3.63, 3.8) is 0 Å². The highest BCUT2D eigenvalue weighted by molar-refractivity contribution is 5.92. The fraction of sp³-hybridized carbons (Fsp3) is 0.455. The van der Waals surface area contributed by atoms with Crippen LogP contribution in [-0.2, 0) is 6.54 Å². The molecule has 2 aromatic heterocycles. The summed E-state index contributed by atoms with van der Waals surface area (Å²) < 4.78 is 28.3. The van der Waals surface area contributed by atoms with Crippen molar-refractivity contribution in [1.29, 1.82) is 0 Å². The molecule has 3 aromatic rings. The number of rotatable bonds is 6. The van der Waals surface area contributed by atoms with Crippen molar-refractivity contribution in [1.82, 2.24) is 29.7 Å². The van der Waals surface area contributed by atoms with Crippen LogP contribution in [0.2, 0.25) is 0 Å². The molecule has 174 valence electrons. The third-order valence-corrected chi connectivity index (χ3v) is 5.93. The lowest BCUT2D eigenvalue weighted by Crippen LogP contribution is -2.38. The summed E-state index contributed by atoms with van der Waals surface area (Å²) in [5.74, 6) is -1.73. The third kappa shape index (κ3) is 4.87. The molecule has 0 unspecified atom stereocenters. The number of hydrogen-bond donors (Lipinski definition) is 3. The number of nitrogens with zero attached hydrogens (tertiary/aromatic N) is 5. The summed E-state index contributed by atoms with van der Waals surface area (Å²) in [6.07, 6.45) is 3.21. The summed E-state index contributed by atoms with van der Waals surface area (Å²) in [5, 5.41) is 9.14. The predicted molar refractivity (Wildman–Crippen MR) is 121 cm³/mol. The summed E-state index contributed by atoms with van der Waals surface area (Å²) in [6, 6.07) is 7.67. The van der Waals surface area contributed by atoms with Crippen LogP contribution in [0, 0.1) is 0 Å². The van der Waals surface area contributed by atoms with E-state index in [1.54, 1.807) is 7.05 Å². The topological polar surface area (TPSA) is 100 Å². The fourth-order valence-corrected chi connectivity index (χ4v) is 3.92. The third-order valence-electron chi connectivity index (χ3n) is 5.93. The number of carbonyl (C=O) groups excluding carboxylic acids is 1. The summed E-state index contributed by atoms with van der Waals surface area (Å²) in [6.45, 7) is 1.35. The van der Waals surface area contributed by atoms with Crippen molar-refractivity contribution in [3.8, 4) is 0 Å². The summed E-state index contributed by atoms with van der Waals surface area (Å²) >= 11 is 0. The molecule has 1 saturated carbocycles. The van der Waals surface area contributed by atoms with Crippen LogP contribution >= 0.6 is 0 Å². The van der Waals surface area contributed by atoms with E-state index in [1.165, 1.54) is 10.9 Å². The van der Waals surface area contributed by atoms with Gasteiger partial charge < -0.3 is 16.0 Å². The number of alkyl halides is 2. The highest BCUT2D eigenvalue weighted by Crippen LogP contribution is 2.29. The second kappa shape index (κ2) is 8.54. The molecule has 0 bridgehead atoms. The van der Waals surface area contributed by atoms with Crippen LogP contribution in [0.1, 0.15) is 31.2 Å². The lowest BCUT2D eigenvalue weighted by Gasteiger charge is -2.31. The smallest absolute Gasteiger partial charge is 0.328 e. The standard InChI is InChI=1S/C22H26F2N8O/c1-25-18-17-19(32(13-26-17)21(33)28-15-5-6-15)30-20(29-18)27-16-4-2-3-14(11-16)12-31-9-7-22(23,24)8-10-31/h2-4,11,13,15H,5-10,12H2,1H3,(H,28,33)(H2,25,27,29,30). The van der Waals surface area contributed by atoms with Crippen LogP contribution in [0.3, 0.4) is 0 Å². The van der Waals surface area contributed by atoms with Crippen LogP contribution in [0.25, 0.3) is 11.2 Å². The Bertz CT molecular complexity index is 1170. The number of amides is 1. The molecule has 0 atom stereocenters. The van der Waals surface area contributed by atoms with Crippen LogP contribution in [0.4, 0.5) is 31.0 Å². The van der Waals surface area contributed by atoms with Crippen molar-refractivity contribution in [2.75, 3.05) is 30.8 Å². The van der Waals surface area contributed by atoms with Gasteiger partial charge in [-0.15, -0.1) is 0 Å². The fourth-order valence-electron chi connectivity index (χ4n) is 3.92. The van der Waals surface area contributed by atoms with Gasteiger partial charge in [0.15, 0.2) is 17.0 Å². The van der Waals surface area contributed by atoms with Crippen molar-refractivity contribution >= 4 is 34.6 Å². The first-order valence-electron chi connectivity index (χ1n) is 11.1. The Balaban J connectivity index is 1.35. The minimum absolute atomic E-state index is 0.104. The van der Waals surface area contributed by atoms with E-state index in [9.17, 15) is 13.6 Å². The molecule has 3 N–H and O–H groups in total. The Labute approximate surface area is 189 Å². The summed E-state index contributed by atoms with van der Waals surface area (Å²) in [4.78, 5) is 27.9. The van der Waals surface area contributed by atoms with Crippen LogP contribution in [-0.4, -0.2) is 62.6 Å². The Morgan fingerprint density at radius 3 is 2.73 bits per heavy atom. The van der Waals surface area contributed by atoms with Crippen molar-refractivity contribution in [3.05, 3.63) is 36.2 Å². The molecule has 33 heavy (non-hydrogen) atoms. The molecule has 2 fully saturated rings. The van der Waals surface area contributed by atoms with Crippen molar-refractivity contribution in [2.24, 2.45) is 0 Å². The second-order valence-corrected chi connectivity index (χ2v) is 8.61. The van der Waals surface area contributed by atoms with Crippen LogP contribution in [0.5, 0.6) is 0 Å². The number of nitrogens with one attached hydrogen (secondary N) is 3. The molecule has 11 heteroatoms. The first kappa shape index (κ1) is 21.5. The van der Waals surface area contributed by atoms with E-state index in [0.29, 0.717) is 42.6 Å². The number of benzene rings is 1. The Hall–Kier alpha value is -3.34. The predicted octanol–water partition coefficient (Wildman–Crippen LogP) is 3.56. The Kier molecular flexibility index (Phi) is 5.57. The van der Waals surface area contributed by atoms with Gasteiger partial charge in [0.25, 0.3) is 5.92 Å². The molecule has 2 aliphatic rings. The highest BCUT2D eigenvalue weighted by Gasteiger charge is 2.33. The zero-order chi connectivity index (χ0) is 23.0. The number of aromatic nitrogens is 4. The SMILES string of the molecule is CNc1nc(Nc2cccc(CN3CCC(F)(F)CC3)c2)nc2c1ncn2C(=O)NC1CC1. The second-order valence-electron chi connectivity index (χ2n) is 8.61. The van der Waals surface area contributed by atoms with E-state index in [4.69, 9.17) is 0 Å². The zero-order valence-corrected chi connectivity index (χ0v) is 18.3. The van der Waals surface area contributed by atoms with Crippen LogP contribution < -0.4 is 16.0 Å². The van der Waals surface area contributed by atoms with Gasteiger partial charge in [0, 0.05) is 51.3 Å². The summed E-state index contributed by atoms with van der Waals surface area (Å²) in [7, 11) is 1.73. The highest BCUT2D eigenvalue weighted by atomic mass is 19.3. The van der Waals surface area contributed by atoms with Crippen molar-refractivity contribution < 1.29 is 13.6 Å². The number of halogens is 2. The number of fused-ring (bicyclic) bond motifs is 1. The molecule has 0 radical (unpaired) electrons. The molecule has 1 saturated heterocycles. The minimum atomic E-state index is -2.55. The van der Waals surface area contributed by atoms with E-state index in [1.807, 2.05) is 29.2 Å². The van der Waals surface area contributed by atoms with Gasteiger partial charge in [0.1, 0.15) is 6.33 Å². The quantitative estimate of drug-likeness (QED) is 0.522. The molecular weight excluding hydrogens is 430 g/mol. The normalized spacial score (nSPS) is 18.3. The summed E-state index contributed by atoms with van der Waals surface area (Å²) in [5.41, 5.74) is 2.68. The van der Waals surface area contributed by atoms with Crippen molar-refractivity contribution in [2.45, 2.75) is 44.2 Å². The molecule has 0 spiro atoms. The lowest BCUT2D eigenvalue weighted by atomic mass is 10.1. The maximum Gasteiger partial charge on any atom is 0.328 e. The van der Waals surface area contributed by atoms with E-state index in [2.05, 4.69) is 30.9 Å². The maximum atomic E-state index is 13.4. The molecule has 9 nitrogen and oxygen atoms in total. The van der Waals surface area contributed by atoms with Gasteiger partial charge in [-0.1, -0.05) is 12.1 Å². The monoisotopic (exact) mass is 456 g/mol. The number of hydrogen-bond acceptors (Lipinski definition) is 7. The van der Waals surface area contributed by atoms with Gasteiger partial charge in [-0.2, -0.15) is 9.97 Å². The number of piperidine rings is 1. The molecule has 1 amide bonds. The number of likely N-dealkylation sites (tertiary alicyclic amines) is 1. The minimum Gasteiger partial charge on any atom is -0.371 e. The number of imidazole rings is 1. The largest absolute Gasteiger partial charge is 0.371 e. The molecule has 1 aromatic carbocycles. The Morgan fingerprint density at radius 2 is 2.00 bits per heavy atom. The van der Waals surface area contributed by atoms with E-state index >= 15 is 0 Å². The average Bonchev–Trinajstić information content (AvgIpc) is 3.50. The van der Waals surface area contributed by atoms with Crippen LogP contribution in [0.15, 0.2) is 30.6 Å². The number of carbonyl (C=O) groups is 1. The van der Waals surface area contributed by atoms with Gasteiger partial charge in [-0.3, -0.25) is 4.90 Å². The van der Waals surface area contributed by atoms with E-state index < -0.39 is 5.92 Å². The average molecular weight is 457 g/mol. The molecule has 5 rings (SSSR count). The molecular formula is C22H26F2N8O. The molecule has 3 heterocycles. The first-order chi connectivity index (χ1) is 15.9. The van der Waals surface area contributed by atoms with Gasteiger partial charge in [0.05, 0.1) is 0 Å². The van der Waals surface area contributed by atoms with Gasteiger partial charge in [-0.25, -0.2) is 23.1 Å². The van der Waals surface area contributed by atoms with E-state index in [0.717, 1.165) is 24.1 Å². The molecule has 1 aliphatic heterocycles. The van der Waals surface area contributed by atoms with Gasteiger partial charge >= 0.3 is 6.03 Å². The van der Waals surface area contributed by atoms with E-state index in [-0.39, 0.29) is 24.9 Å². The zero-order valence-electron chi connectivity index (χ0n) is 18.3. The Morgan fingerprint density at radius 1 is 1.21 bits per heavy atom. The van der Waals surface area contributed by atoms with Gasteiger partial charge in [0.2, 0.25) is 5.95 Å². The first-order valence-corrected chi connectivity index (χ1v) is 11.1. The lowest BCUT2D eigenvalue weighted by molar-refractivity contribution is -0.0566. The number of anilines is 3.